The molecule has 86 valence electrons. The van der Waals surface area contributed by atoms with Crippen molar-refractivity contribution in [2.24, 2.45) is 0 Å². The van der Waals surface area contributed by atoms with Gasteiger partial charge in [0.15, 0.2) is 0 Å². The first-order chi connectivity index (χ1) is 7.69. The Kier molecular flexibility index (Phi) is 4.47. The van der Waals surface area contributed by atoms with Crippen molar-refractivity contribution in [2.75, 3.05) is 13.7 Å². The Morgan fingerprint density at radius 1 is 1.62 bits per heavy atom. The minimum atomic E-state index is -0.420. The van der Waals surface area contributed by atoms with Gasteiger partial charge in [0, 0.05) is 30.8 Å². The van der Waals surface area contributed by atoms with Crippen LogP contribution >= 0.6 is 0 Å². The van der Waals surface area contributed by atoms with Gasteiger partial charge in [-0.1, -0.05) is 6.08 Å². The zero-order valence-corrected chi connectivity index (χ0v) is 9.10. The third-order valence-corrected chi connectivity index (χ3v) is 2.08. The summed E-state index contributed by atoms with van der Waals surface area (Å²) in [6.45, 7) is 4.73. The van der Waals surface area contributed by atoms with E-state index in [0.717, 1.165) is 5.56 Å². The zero-order chi connectivity index (χ0) is 12.0. The number of nitro benzene ring substituents is 1. The number of benzene rings is 1. The Balaban J connectivity index is 2.88. The monoisotopic (exact) mass is 222 g/mol. The average molecular weight is 222 g/mol. The molecule has 5 heteroatoms. The van der Waals surface area contributed by atoms with E-state index < -0.39 is 4.92 Å². The lowest BCUT2D eigenvalue weighted by Gasteiger charge is -2.08. The largest absolute Gasteiger partial charge is 0.496 e. The number of non-ortho nitro benzene ring substituents is 1. The van der Waals surface area contributed by atoms with E-state index in [0.29, 0.717) is 18.8 Å². The molecule has 0 aromatic heterocycles. The molecule has 0 bridgehead atoms. The van der Waals surface area contributed by atoms with E-state index in [1.165, 1.54) is 19.2 Å². The van der Waals surface area contributed by atoms with E-state index in [-0.39, 0.29) is 5.69 Å². The third kappa shape index (κ3) is 3.06. The standard InChI is InChI=1S/C11H14N2O3/c1-3-6-12-8-9-7-10(13(14)15)4-5-11(9)16-2/h3-5,7,12H,1,6,8H2,2H3. The molecule has 16 heavy (non-hydrogen) atoms. The van der Waals surface area contributed by atoms with Gasteiger partial charge in [-0.15, -0.1) is 6.58 Å². The predicted octanol–water partition coefficient (Wildman–Crippen LogP) is 1.88. The highest BCUT2D eigenvalue weighted by molar-refractivity contribution is 5.43. The van der Waals surface area contributed by atoms with Crippen LogP contribution in [0.25, 0.3) is 0 Å². The highest BCUT2D eigenvalue weighted by atomic mass is 16.6. The van der Waals surface area contributed by atoms with Crippen molar-refractivity contribution in [2.45, 2.75) is 6.54 Å². The van der Waals surface area contributed by atoms with Crippen LogP contribution < -0.4 is 10.1 Å². The number of hydrogen-bond acceptors (Lipinski definition) is 4. The van der Waals surface area contributed by atoms with Crippen molar-refractivity contribution in [3.63, 3.8) is 0 Å². The van der Waals surface area contributed by atoms with Gasteiger partial charge in [-0.3, -0.25) is 10.1 Å². The van der Waals surface area contributed by atoms with Gasteiger partial charge in [0.25, 0.3) is 5.69 Å². The quantitative estimate of drug-likeness (QED) is 0.345. The van der Waals surface area contributed by atoms with E-state index >= 15 is 0 Å². The van der Waals surface area contributed by atoms with Gasteiger partial charge >= 0.3 is 0 Å². The molecule has 0 aliphatic heterocycles. The molecule has 1 rings (SSSR count). The normalized spacial score (nSPS) is 9.81. The van der Waals surface area contributed by atoms with E-state index in [1.807, 2.05) is 0 Å². The van der Waals surface area contributed by atoms with Crippen LogP contribution in [0.4, 0.5) is 5.69 Å². The number of methoxy groups -OCH3 is 1. The molecule has 0 heterocycles. The molecule has 0 radical (unpaired) electrons. The Labute approximate surface area is 93.9 Å². The molecule has 1 aromatic rings. The molecule has 0 aliphatic rings. The minimum absolute atomic E-state index is 0.0659. The van der Waals surface area contributed by atoms with Crippen molar-refractivity contribution in [1.29, 1.82) is 0 Å². The summed E-state index contributed by atoms with van der Waals surface area (Å²) in [4.78, 5) is 10.2. The van der Waals surface area contributed by atoms with Gasteiger partial charge in [0.05, 0.1) is 12.0 Å². The number of nitro groups is 1. The molecular weight excluding hydrogens is 208 g/mol. The van der Waals surface area contributed by atoms with E-state index in [9.17, 15) is 10.1 Å². The molecule has 0 spiro atoms. The summed E-state index contributed by atoms with van der Waals surface area (Å²) in [5.74, 6) is 0.641. The van der Waals surface area contributed by atoms with Crippen LogP contribution in [0.5, 0.6) is 5.75 Å². The van der Waals surface area contributed by atoms with Crippen molar-refractivity contribution < 1.29 is 9.66 Å². The fourth-order valence-electron chi connectivity index (χ4n) is 1.33. The number of nitrogens with zero attached hydrogens (tertiary/aromatic N) is 1. The van der Waals surface area contributed by atoms with Gasteiger partial charge in [-0.2, -0.15) is 0 Å². The predicted molar refractivity (Wildman–Crippen MR) is 61.6 cm³/mol. The fraction of sp³-hybridized carbons (Fsp3) is 0.273. The number of ether oxygens (including phenoxy) is 1. The summed E-state index contributed by atoms with van der Waals surface area (Å²) in [6, 6.07) is 4.54. The Hall–Kier alpha value is -1.88. The van der Waals surface area contributed by atoms with Gasteiger partial charge in [-0.25, -0.2) is 0 Å². The summed E-state index contributed by atoms with van der Waals surface area (Å²) in [6.07, 6.45) is 1.73. The maximum Gasteiger partial charge on any atom is 0.270 e. The van der Waals surface area contributed by atoms with Gasteiger partial charge in [-0.05, 0) is 6.07 Å². The average Bonchev–Trinajstić information content (AvgIpc) is 2.29. The highest BCUT2D eigenvalue weighted by Gasteiger charge is 2.10. The van der Waals surface area contributed by atoms with E-state index in [4.69, 9.17) is 4.74 Å². The van der Waals surface area contributed by atoms with Crippen LogP contribution in [-0.2, 0) is 6.54 Å². The molecule has 0 fully saturated rings. The Morgan fingerprint density at radius 2 is 2.38 bits per heavy atom. The minimum Gasteiger partial charge on any atom is -0.496 e. The maximum absolute atomic E-state index is 10.6. The Morgan fingerprint density at radius 3 is 2.94 bits per heavy atom. The molecule has 0 atom stereocenters. The molecule has 5 nitrogen and oxygen atoms in total. The molecule has 0 aliphatic carbocycles. The fourth-order valence-corrected chi connectivity index (χ4v) is 1.33. The number of nitrogens with one attached hydrogen (secondary N) is 1. The summed E-state index contributed by atoms with van der Waals surface area (Å²) >= 11 is 0. The van der Waals surface area contributed by atoms with Gasteiger partial charge < -0.3 is 10.1 Å². The third-order valence-electron chi connectivity index (χ3n) is 2.08. The summed E-state index contributed by atoms with van der Waals surface area (Å²) < 4.78 is 5.12. The van der Waals surface area contributed by atoms with Crippen LogP contribution in [0, 0.1) is 10.1 Å². The van der Waals surface area contributed by atoms with Crippen molar-refractivity contribution in [3.8, 4) is 5.75 Å². The smallest absolute Gasteiger partial charge is 0.270 e. The molecule has 0 amide bonds. The second-order valence-electron chi connectivity index (χ2n) is 3.17. The summed E-state index contributed by atoms with van der Waals surface area (Å²) in [7, 11) is 1.54. The van der Waals surface area contributed by atoms with Crippen molar-refractivity contribution in [3.05, 3.63) is 46.5 Å². The van der Waals surface area contributed by atoms with Gasteiger partial charge in [0.2, 0.25) is 0 Å². The topological polar surface area (TPSA) is 64.4 Å². The maximum atomic E-state index is 10.6. The second kappa shape index (κ2) is 5.87. The van der Waals surface area contributed by atoms with Crippen LogP contribution in [0.1, 0.15) is 5.56 Å². The number of rotatable bonds is 6. The first-order valence-electron chi connectivity index (χ1n) is 4.82. The first kappa shape index (κ1) is 12.2. The Bertz CT molecular complexity index is 391. The van der Waals surface area contributed by atoms with E-state index in [1.54, 1.807) is 12.1 Å². The molecule has 0 saturated carbocycles. The highest BCUT2D eigenvalue weighted by Crippen LogP contribution is 2.23. The van der Waals surface area contributed by atoms with Gasteiger partial charge in [0.1, 0.15) is 5.75 Å². The molecule has 1 N–H and O–H groups in total. The van der Waals surface area contributed by atoms with Crippen LogP contribution in [-0.4, -0.2) is 18.6 Å². The van der Waals surface area contributed by atoms with Crippen molar-refractivity contribution in [1.82, 2.24) is 5.32 Å². The van der Waals surface area contributed by atoms with E-state index in [2.05, 4.69) is 11.9 Å². The molecule has 0 unspecified atom stereocenters. The lowest BCUT2D eigenvalue weighted by Crippen LogP contribution is -2.13. The lowest BCUT2D eigenvalue weighted by molar-refractivity contribution is -0.384. The summed E-state index contributed by atoms with van der Waals surface area (Å²) in [5, 5.41) is 13.7. The second-order valence-corrected chi connectivity index (χ2v) is 3.17. The van der Waals surface area contributed by atoms with Crippen molar-refractivity contribution >= 4 is 5.69 Å². The molecular formula is C11H14N2O3. The first-order valence-corrected chi connectivity index (χ1v) is 4.82. The zero-order valence-electron chi connectivity index (χ0n) is 9.10. The number of hydrogen-bond donors (Lipinski definition) is 1. The van der Waals surface area contributed by atoms with Crippen LogP contribution in [0.15, 0.2) is 30.9 Å². The molecule has 0 saturated heterocycles. The SMILES string of the molecule is C=CCNCc1cc([N+](=O)[O-])ccc1OC. The van der Waals surface area contributed by atoms with Crippen LogP contribution in [0.2, 0.25) is 0 Å². The molecule has 1 aromatic carbocycles. The van der Waals surface area contributed by atoms with Crippen LogP contribution in [0.3, 0.4) is 0 Å². The lowest BCUT2D eigenvalue weighted by atomic mass is 10.1. The summed E-state index contributed by atoms with van der Waals surface area (Å²) in [5.41, 5.74) is 0.828.